The van der Waals surface area contributed by atoms with Gasteiger partial charge >= 0.3 is 5.97 Å². The van der Waals surface area contributed by atoms with Gasteiger partial charge in [0.15, 0.2) is 0 Å². The van der Waals surface area contributed by atoms with E-state index in [-0.39, 0.29) is 6.04 Å². The van der Waals surface area contributed by atoms with Crippen LogP contribution in [0.3, 0.4) is 0 Å². The van der Waals surface area contributed by atoms with E-state index in [1.807, 2.05) is 0 Å². The summed E-state index contributed by atoms with van der Waals surface area (Å²) >= 11 is 0. The Morgan fingerprint density at radius 1 is 1.78 bits per heavy atom. The lowest BCUT2D eigenvalue weighted by molar-refractivity contribution is -0.132. The first-order chi connectivity index (χ1) is 4.04. The van der Waals surface area contributed by atoms with Gasteiger partial charge in [0, 0.05) is 11.6 Å². The van der Waals surface area contributed by atoms with E-state index >= 15 is 0 Å². The van der Waals surface area contributed by atoms with Gasteiger partial charge in [0.05, 0.1) is 0 Å². The fourth-order valence-corrected chi connectivity index (χ4v) is 0.466. The molecule has 0 aromatic carbocycles. The lowest BCUT2D eigenvalue weighted by Gasteiger charge is -1.95. The van der Waals surface area contributed by atoms with Crippen molar-refractivity contribution in [3.05, 3.63) is 11.6 Å². The van der Waals surface area contributed by atoms with Crippen molar-refractivity contribution in [1.82, 2.24) is 0 Å². The Kier molecular flexibility index (Phi) is 2.95. The molecule has 3 heteroatoms. The van der Waals surface area contributed by atoms with Crippen molar-refractivity contribution in [3.8, 4) is 0 Å². The van der Waals surface area contributed by atoms with Crippen LogP contribution in [0.2, 0.25) is 0 Å². The van der Waals surface area contributed by atoms with Crippen LogP contribution in [-0.2, 0) is 4.79 Å². The number of nitrogens with two attached hydrogens (primary N) is 1. The summed E-state index contributed by atoms with van der Waals surface area (Å²) in [5.74, 6) is -0.910. The average Bonchev–Trinajstić information content (AvgIpc) is 1.63. The summed E-state index contributed by atoms with van der Waals surface area (Å²) in [5, 5.41) is 8.31. The Morgan fingerprint density at radius 2 is 2.22 bits per heavy atom. The fraction of sp³-hybridized carbons (Fsp3) is 0.500. The van der Waals surface area contributed by atoms with Crippen LogP contribution in [0.5, 0.6) is 0 Å². The lowest BCUT2D eigenvalue weighted by Crippen LogP contribution is -2.13. The SMILES string of the molecule is CC(=CC(C)N)C(=O)O. The maximum Gasteiger partial charge on any atom is 0.331 e. The third-order valence-corrected chi connectivity index (χ3v) is 0.850. The summed E-state index contributed by atoms with van der Waals surface area (Å²) < 4.78 is 0. The number of carboxylic acids is 1. The van der Waals surface area contributed by atoms with E-state index in [2.05, 4.69) is 0 Å². The van der Waals surface area contributed by atoms with Crippen LogP contribution in [0.1, 0.15) is 13.8 Å². The minimum Gasteiger partial charge on any atom is -0.478 e. The van der Waals surface area contributed by atoms with Crippen LogP contribution in [-0.4, -0.2) is 17.1 Å². The van der Waals surface area contributed by atoms with Crippen molar-refractivity contribution in [1.29, 1.82) is 0 Å². The molecule has 0 aromatic rings. The van der Waals surface area contributed by atoms with E-state index in [0.717, 1.165) is 0 Å². The van der Waals surface area contributed by atoms with Gasteiger partial charge < -0.3 is 10.8 Å². The van der Waals surface area contributed by atoms with E-state index < -0.39 is 5.97 Å². The minimum atomic E-state index is -0.910. The average molecular weight is 129 g/mol. The van der Waals surface area contributed by atoms with Crippen molar-refractivity contribution in [2.24, 2.45) is 5.73 Å². The van der Waals surface area contributed by atoms with Gasteiger partial charge in [-0.15, -0.1) is 0 Å². The standard InChI is InChI=1S/C6H11NO2/c1-4(6(8)9)3-5(2)7/h3,5H,7H2,1-2H3,(H,8,9). The summed E-state index contributed by atoms with van der Waals surface area (Å²) in [4.78, 5) is 10.1. The van der Waals surface area contributed by atoms with Crippen molar-refractivity contribution < 1.29 is 9.90 Å². The number of carboxylic acid groups (broad SMARTS) is 1. The molecular weight excluding hydrogens is 118 g/mol. The van der Waals surface area contributed by atoms with Gasteiger partial charge in [-0.2, -0.15) is 0 Å². The highest BCUT2D eigenvalue weighted by Gasteiger charge is 1.98. The molecule has 0 amide bonds. The summed E-state index contributed by atoms with van der Waals surface area (Å²) in [5.41, 5.74) is 5.59. The van der Waals surface area contributed by atoms with Gasteiger partial charge in [-0.1, -0.05) is 6.08 Å². The molecule has 3 nitrogen and oxygen atoms in total. The second kappa shape index (κ2) is 3.25. The molecule has 1 unspecified atom stereocenters. The first-order valence-corrected chi connectivity index (χ1v) is 2.71. The Hall–Kier alpha value is -0.830. The van der Waals surface area contributed by atoms with Crippen LogP contribution >= 0.6 is 0 Å². The highest BCUT2D eigenvalue weighted by atomic mass is 16.4. The van der Waals surface area contributed by atoms with Gasteiger partial charge in [0.1, 0.15) is 0 Å². The molecule has 0 aromatic heterocycles. The molecule has 0 spiro atoms. The molecule has 9 heavy (non-hydrogen) atoms. The molecule has 3 N–H and O–H groups in total. The van der Waals surface area contributed by atoms with E-state index in [1.165, 1.54) is 13.0 Å². The monoisotopic (exact) mass is 129 g/mol. The largest absolute Gasteiger partial charge is 0.478 e. The van der Waals surface area contributed by atoms with Gasteiger partial charge in [0.2, 0.25) is 0 Å². The molecule has 0 heterocycles. The van der Waals surface area contributed by atoms with E-state index in [4.69, 9.17) is 10.8 Å². The van der Waals surface area contributed by atoms with E-state index in [0.29, 0.717) is 5.57 Å². The third-order valence-electron chi connectivity index (χ3n) is 0.850. The highest BCUT2D eigenvalue weighted by molar-refractivity contribution is 5.85. The Bertz CT molecular complexity index is 138. The topological polar surface area (TPSA) is 63.3 Å². The summed E-state index contributed by atoms with van der Waals surface area (Å²) in [7, 11) is 0. The quantitative estimate of drug-likeness (QED) is 0.529. The van der Waals surface area contributed by atoms with E-state index in [1.54, 1.807) is 6.92 Å². The zero-order valence-electron chi connectivity index (χ0n) is 5.59. The molecule has 0 bridgehead atoms. The van der Waals surface area contributed by atoms with Crippen LogP contribution in [0.4, 0.5) is 0 Å². The second-order valence-corrected chi connectivity index (χ2v) is 2.01. The van der Waals surface area contributed by atoms with Gasteiger partial charge in [-0.3, -0.25) is 0 Å². The smallest absolute Gasteiger partial charge is 0.331 e. The molecule has 0 aliphatic rings. The van der Waals surface area contributed by atoms with Crippen molar-refractivity contribution in [2.45, 2.75) is 19.9 Å². The molecule has 0 rings (SSSR count). The van der Waals surface area contributed by atoms with Crippen LogP contribution in [0.15, 0.2) is 11.6 Å². The molecule has 1 atom stereocenters. The highest BCUT2D eigenvalue weighted by Crippen LogP contribution is 1.92. The number of rotatable bonds is 2. The van der Waals surface area contributed by atoms with Crippen LogP contribution in [0, 0.1) is 0 Å². The number of hydrogen-bond acceptors (Lipinski definition) is 2. The van der Waals surface area contributed by atoms with Crippen molar-refractivity contribution >= 4 is 5.97 Å². The maximum absolute atomic E-state index is 10.1. The molecule has 0 radical (unpaired) electrons. The Labute approximate surface area is 54.2 Å². The van der Waals surface area contributed by atoms with Gasteiger partial charge in [-0.25, -0.2) is 4.79 Å². The number of aliphatic carboxylic acids is 1. The zero-order valence-corrected chi connectivity index (χ0v) is 5.59. The van der Waals surface area contributed by atoms with Crippen molar-refractivity contribution in [3.63, 3.8) is 0 Å². The van der Waals surface area contributed by atoms with Crippen molar-refractivity contribution in [2.75, 3.05) is 0 Å². The predicted molar refractivity (Wildman–Crippen MR) is 35.0 cm³/mol. The van der Waals surface area contributed by atoms with Gasteiger partial charge in [-0.05, 0) is 13.8 Å². The maximum atomic E-state index is 10.1. The fourth-order valence-electron chi connectivity index (χ4n) is 0.466. The van der Waals surface area contributed by atoms with Crippen LogP contribution < -0.4 is 5.73 Å². The normalized spacial score (nSPS) is 15.2. The minimum absolute atomic E-state index is 0.180. The molecule has 0 fully saturated rings. The molecule has 52 valence electrons. The summed E-state index contributed by atoms with van der Waals surface area (Å²) in [6, 6.07) is -0.180. The Morgan fingerprint density at radius 3 is 2.33 bits per heavy atom. The summed E-state index contributed by atoms with van der Waals surface area (Å²) in [6.07, 6.45) is 1.50. The van der Waals surface area contributed by atoms with Crippen LogP contribution in [0.25, 0.3) is 0 Å². The first-order valence-electron chi connectivity index (χ1n) is 2.71. The lowest BCUT2D eigenvalue weighted by atomic mass is 10.2. The molecule has 0 saturated heterocycles. The van der Waals surface area contributed by atoms with Gasteiger partial charge in [0.25, 0.3) is 0 Å². The second-order valence-electron chi connectivity index (χ2n) is 2.01. The zero-order chi connectivity index (χ0) is 7.44. The molecule has 0 saturated carbocycles. The number of hydrogen-bond donors (Lipinski definition) is 2. The molecular formula is C6H11NO2. The molecule has 0 aliphatic heterocycles. The van der Waals surface area contributed by atoms with E-state index in [9.17, 15) is 4.79 Å². The predicted octanol–water partition coefficient (Wildman–Crippen LogP) is 0.365. The molecule has 0 aliphatic carbocycles. The summed E-state index contributed by atoms with van der Waals surface area (Å²) in [6.45, 7) is 3.25. The first kappa shape index (κ1) is 8.17. The Balaban J connectivity index is 4.00. The third kappa shape index (κ3) is 3.73. The number of carbonyl (C=O) groups is 1.